The van der Waals surface area contributed by atoms with Crippen LogP contribution in [0.25, 0.3) is 88.6 Å². The number of aromatic hydroxyl groups is 1. The zero-order valence-electron chi connectivity index (χ0n) is 72.6. The summed E-state index contributed by atoms with van der Waals surface area (Å²) >= 11 is 8.10. The lowest BCUT2D eigenvalue weighted by atomic mass is 10.1. The van der Waals surface area contributed by atoms with Crippen molar-refractivity contribution in [1.29, 1.82) is 21.0 Å². The van der Waals surface area contributed by atoms with E-state index in [1.165, 1.54) is 37.1 Å². The number of nitrogens with zero attached hydrogens (tertiary/aromatic N) is 9. The Morgan fingerprint density at radius 1 is 0.473 bits per heavy atom. The number of ether oxygens (including phenoxy) is 8. The molecule has 6 fully saturated rings. The number of nitrogen functional groups attached to an aromatic ring is 3. The fourth-order valence-corrected chi connectivity index (χ4v) is 15.8. The Balaban J connectivity index is 0.000000136. The Hall–Kier alpha value is -13.6. The standard InChI is InChI=1S/C27H29N3O4.C21H21N3O2.C19H17N3O.C18H15N3O.C7H4ClNO4.C5H10O.C3H7BrO/c1-17(18-3-4-18)34-27(31)29-20-7-5-19(6-8-20)26-24(16-28)23-12-11-22(33-14-13-32-2)15-25(23)30(26)21-9-10-21;1-25-10-11-26-17-8-9-18-19(13-22)21(14-2-4-15(23)5-3-14)24(16-6-7-16)20(18)12-17;1-23-15-8-9-16-17(11-20)19(12-2-4-13(21)5-3-12)22(14-6-7-14)18(16)10-15;19-10-16-15-8-7-14(22)9-17(15)21(13-5-6-13)18(16)11-1-3-12(20)4-2-11;8-7(10)13-6-3-1-5(2-4-6)9(11)12;1-4(6)5-2-3-5;1-5-3-2-4/h5-8,11-12,15,17-18,21H,3-4,9-10,13-14H2,1-2H3,(H,29,31);2-5,8-9,12,16H,6-7,10-11,23H2,1H3;2-5,8-10,14H,6-7,21H2,1H3;1-4,7-9,13,22H,5-6,20H2;1-4H;4-6H,2-3H2,1H3;2-3H2,1H3. The second-order valence-corrected chi connectivity index (χ2v) is 33.3. The monoisotopic (exact) mass is 1820 g/mol. The number of halogens is 2. The van der Waals surface area contributed by atoms with Crippen LogP contribution in [0.5, 0.6) is 28.7 Å². The number of nitriles is 4. The molecule has 1 amide bonds. The number of methoxy groups -OCH3 is 4. The van der Waals surface area contributed by atoms with Crippen LogP contribution in [-0.4, -0.2) is 124 Å². The van der Waals surface area contributed by atoms with Gasteiger partial charge in [-0.15, -0.1) is 0 Å². The molecule has 29 heteroatoms. The number of fused-ring (bicyclic) bond motifs is 4. The highest BCUT2D eigenvalue weighted by Crippen LogP contribution is 2.51. The van der Waals surface area contributed by atoms with Crippen LogP contribution in [-0.2, 0) is 18.9 Å². The third-order valence-corrected chi connectivity index (χ3v) is 23.1. The summed E-state index contributed by atoms with van der Waals surface area (Å²) in [5.41, 5.74) is 33.7. The van der Waals surface area contributed by atoms with Gasteiger partial charge in [0.05, 0.1) is 105 Å². The minimum Gasteiger partial charge on any atom is -0.508 e. The number of phenolic OH excluding ortho intramolecular Hbond substituents is 1. The molecule has 6 aliphatic carbocycles. The van der Waals surface area contributed by atoms with Crippen molar-refractivity contribution < 1.29 is 62.6 Å². The van der Waals surface area contributed by atoms with E-state index >= 15 is 0 Å². The van der Waals surface area contributed by atoms with Gasteiger partial charge in [0.25, 0.3) is 5.69 Å². The fraction of sp³-hybridized carbons (Fsp3) is 0.320. The number of nitro benzene ring substituents is 1. The summed E-state index contributed by atoms with van der Waals surface area (Å²) in [4.78, 5) is 32.1. The number of rotatable bonds is 25. The number of nitrogens with two attached hydrogens (primary N) is 3. The number of carbonyl (C=O) groups excluding carboxylic acids is 2. The number of nitrogens with one attached hydrogen (secondary N) is 1. The molecule has 19 rings (SSSR count). The van der Waals surface area contributed by atoms with E-state index < -0.39 is 16.4 Å². The van der Waals surface area contributed by atoms with Crippen LogP contribution in [0.1, 0.15) is 137 Å². The number of aromatic nitrogens is 4. The number of anilines is 4. The second-order valence-electron chi connectivity index (χ2n) is 32.2. The predicted octanol–water partition coefficient (Wildman–Crippen LogP) is 22.1. The molecule has 0 radical (unpaired) electrons. The van der Waals surface area contributed by atoms with E-state index in [1.807, 2.05) is 172 Å². The number of nitro groups is 1. The molecule has 6 aliphatic rings. The zero-order chi connectivity index (χ0) is 91.5. The number of aliphatic hydroxyl groups excluding tert-OH is 1. The maximum absolute atomic E-state index is 12.2. The average Bonchev–Trinajstić information content (AvgIpc) is 1.60. The van der Waals surface area contributed by atoms with Crippen LogP contribution < -0.4 is 41.5 Å². The summed E-state index contributed by atoms with van der Waals surface area (Å²) in [5, 5.41) is 75.6. The summed E-state index contributed by atoms with van der Waals surface area (Å²) < 4.78 is 50.7. The van der Waals surface area contributed by atoms with Crippen molar-refractivity contribution in [2.24, 2.45) is 11.8 Å². The third-order valence-electron chi connectivity index (χ3n) is 22.7. The van der Waals surface area contributed by atoms with Crippen molar-refractivity contribution in [2.75, 3.05) is 89.3 Å². The molecule has 0 bridgehead atoms. The molecule has 9 N–H and O–H groups in total. The van der Waals surface area contributed by atoms with Crippen LogP contribution in [0, 0.1) is 67.3 Å². The Morgan fingerprint density at radius 3 is 1.10 bits per heavy atom. The molecule has 4 heterocycles. The number of carbonyl (C=O) groups is 2. The van der Waals surface area contributed by atoms with E-state index in [2.05, 4.69) is 73.3 Å². The van der Waals surface area contributed by atoms with Gasteiger partial charge in [0, 0.05) is 143 Å². The zero-order valence-corrected chi connectivity index (χ0v) is 75.0. The number of hydrogen-bond donors (Lipinski definition) is 6. The predicted molar refractivity (Wildman–Crippen MR) is 505 cm³/mol. The third kappa shape index (κ3) is 23.4. The van der Waals surface area contributed by atoms with Crippen molar-refractivity contribution in [3.8, 4) is 98.1 Å². The second kappa shape index (κ2) is 43.3. The normalized spacial score (nSPS) is 14.4. The molecular weight excluding hydrogens is 1720 g/mol. The number of aliphatic hydroxyl groups is 1. The Labute approximate surface area is 761 Å². The molecule has 0 saturated heterocycles. The fourth-order valence-electron chi connectivity index (χ4n) is 15.4. The molecular formula is C100H103BrClN13O14. The molecule has 6 saturated carbocycles. The van der Waals surface area contributed by atoms with Crippen molar-refractivity contribution in [2.45, 2.75) is 127 Å². The summed E-state index contributed by atoms with van der Waals surface area (Å²) in [6.45, 7) is 6.64. The topological polar surface area (TPSA) is 397 Å². The van der Waals surface area contributed by atoms with Crippen molar-refractivity contribution >= 4 is 111 Å². The largest absolute Gasteiger partial charge is 0.508 e. The van der Waals surface area contributed by atoms with Crippen LogP contribution >= 0.6 is 27.5 Å². The van der Waals surface area contributed by atoms with E-state index in [-0.39, 0.29) is 29.4 Å². The van der Waals surface area contributed by atoms with E-state index in [0.717, 1.165) is 199 Å². The molecule has 27 nitrogen and oxygen atoms in total. The van der Waals surface area contributed by atoms with Crippen molar-refractivity contribution in [3.63, 3.8) is 0 Å². The molecule has 4 aromatic heterocycles. The summed E-state index contributed by atoms with van der Waals surface area (Å²) in [7, 11) is 6.65. The van der Waals surface area contributed by atoms with Gasteiger partial charge in [-0.05, 0) is 234 Å². The summed E-state index contributed by atoms with van der Waals surface area (Å²) in [6, 6.07) is 69.8. The molecule has 129 heavy (non-hydrogen) atoms. The van der Waals surface area contributed by atoms with Gasteiger partial charge in [-0.3, -0.25) is 15.4 Å². The Kier molecular flexibility index (Phi) is 31.2. The minimum absolute atomic E-state index is 0.0370. The lowest BCUT2D eigenvalue weighted by Crippen LogP contribution is -2.21. The van der Waals surface area contributed by atoms with Crippen LogP contribution in [0.2, 0.25) is 0 Å². The van der Waals surface area contributed by atoms with Crippen molar-refractivity contribution in [1.82, 2.24) is 18.3 Å². The quantitative estimate of drug-likeness (QED) is 0.00773. The summed E-state index contributed by atoms with van der Waals surface area (Å²) in [5.74, 6) is 3.91. The van der Waals surface area contributed by atoms with Crippen LogP contribution in [0.15, 0.2) is 194 Å². The smallest absolute Gasteiger partial charge is 0.411 e. The minimum atomic E-state index is -0.978. The molecule has 2 unspecified atom stereocenters. The van der Waals surface area contributed by atoms with Gasteiger partial charge in [-0.1, -0.05) is 64.5 Å². The van der Waals surface area contributed by atoms with E-state index in [1.54, 1.807) is 40.6 Å². The van der Waals surface area contributed by atoms with Gasteiger partial charge < -0.3 is 83.6 Å². The maximum Gasteiger partial charge on any atom is 0.411 e. The number of alkyl halides is 1. The highest BCUT2D eigenvalue weighted by Gasteiger charge is 2.36. The number of hydrogen-bond acceptors (Lipinski definition) is 21. The van der Waals surface area contributed by atoms with Gasteiger partial charge in [-0.2, -0.15) is 21.0 Å². The maximum atomic E-state index is 12.2. The van der Waals surface area contributed by atoms with E-state index in [0.29, 0.717) is 90.5 Å². The Morgan fingerprint density at radius 2 is 0.806 bits per heavy atom. The van der Waals surface area contributed by atoms with Gasteiger partial charge in [0.1, 0.15) is 72.3 Å². The van der Waals surface area contributed by atoms with E-state index in [9.17, 15) is 45.9 Å². The lowest BCUT2D eigenvalue weighted by molar-refractivity contribution is -0.384. The first-order valence-corrected chi connectivity index (χ1v) is 44.3. The molecule has 2 atom stereocenters. The Bertz CT molecular complexity index is 6300. The van der Waals surface area contributed by atoms with Gasteiger partial charge in [0.2, 0.25) is 0 Å². The number of phenols is 1. The highest BCUT2D eigenvalue weighted by atomic mass is 79.9. The van der Waals surface area contributed by atoms with Crippen LogP contribution in [0.3, 0.4) is 0 Å². The highest BCUT2D eigenvalue weighted by molar-refractivity contribution is 9.09. The molecule has 0 aliphatic heterocycles. The lowest BCUT2D eigenvalue weighted by Gasteiger charge is -2.14. The number of benzene rings is 9. The van der Waals surface area contributed by atoms with Gasteiger partial charge in [-0.25, -0.2) is 9.59 Å². The first kappa shape index (κ1) is 93.1. The first-order valence-electron chi connectivity index (χ1n) is 42.8. The van der Waals surface area contributed by atoms with E-state index in [4.69, 9.17) is 62.3 Å². The van der Waals surface area contributed by atoms with Gasteiger partial charge >= 0.3 is 11.5 Å². The number of non-ortho nitro benzene ring substituents is 1. The molecule has 9 aromatic carbocycles. The number of amides is 1. The average molecular weight is 1830 g/mol. The van der Waals surface area contributed by atoms with Gasteiger partial charge in [0.15, 0.2) is 0 Å². The molecule has 0 spiro atoms. The first-order chi connectivity index (χ1) is 62.5. The van der Waals surface area contributed by atoms with Crippen LogP contribution in [0.4, 0.5) is 38.0 Å². The molecule has 13 aromatic rings. The SMILES string of the molecule is CC(O)C1CC1.COCCBr.COCCOc1ccc2c(C#N)c(-c3ccc(N)cc3)n(C3CC3)c2c1.COCCOc1ccc2c(C#N)c(-c3ccc(NC(=O)OC(C)C4CC4)cc3)n(C3CC3)c2c1.COc1ccc2c(C#N)c(-c3ccc(N)cc3)n(C3CC3)c2c1.N#Cc1c(-c2ccc(N)cc2)n(C2CC2)c2cc(O)ccc12.O=C(Cl)Oc1ccc([N+](=O)[O-])cc1. The van der Waals surface area contributed by atoms with Crippen molar-refractivity contribution in [3.05, 3.63) is 226 Å². The summed E-state index contributed by atoms with van der Waals surface area (Å²) in [6.07, 6.45) is 13.1. The molecule has 666 valence electrons.